The molecule has 5 heteroatoms. The summed E-state index contributed by atoms with van der Waals surface area (Å²) in [4.78, 5) is 4.04. The monoisotopic (exact) mass is 344 g/mol. The van der Waals surface area contributed by atoms with E-state index in [4.69, 9.17) is 11.6 Å². The van der Waals surface area contributed by atoms with E-state index >= 15 is 0 Å². The molecule has 0 fully saturated rings. The highest BCUT2D eigenvalue weighted by molar-refractivity contribution is 5.73. The van der Waals surface area contributed by atoms with E-state index in [0.29, 0.717) is 5.70 Å². The van der Waals surface area contributed by atoms with Gasteiger partial charge in [0.15, 0.2) is 0 Å². The minimum Gasteiger partial charge on any atom is -0.506 e. The topological polar surface area (TPSA) is 97.2 Å². The van der Waals surface area contributed by atoms with Gasteiger partial charge in [0.1, 0.15) is 11.5 Å². The maximum absolute atomic E-state index is 9.52. The van der Waals surface area contributed by atoms with Gasteiger partial charge < -0.3 is 16.3 Å². The summed E-state index contributed by atoms with van der Waals surface area (Å²) in [5.74, 6) is 5.17. The second-order valence-corrected chi connectivity index (χ2v) is 5.77. The molecule has 0 saturated carbocycles. The molecule has 0 bridgehead atoms. The molecule has 0 saturated heterocycles. The first-order valence-electron chi connectivity index (χ1n) is 8.06. The summed E-state index contributed by atoms with van der Waals surface area (Å²) in [5.41, 5.74) is 14.1. The summed E-state index contributed by atoms with van der Waals surface area (Å²) in [5, 5.41) is 9.52. The molecule has 3 rings (SSSR count). The Balaban J connectivity index is 1.86. The molecule has 2 aromatic carbocycles. The molecule has 1 heterocycles. The standard InChI is InChI=1S/C21H20N4O/c1-14(26)21(25-23)20(22)19-8-6-16(7-9-19)15-2-4-17(5-3-15)18-10-12-24-13-11-18/h2-13,25-26H,1,22-23H2/b21-20-. The number of nitrogens with one attached hydrogen (secondary N) is 1. The lowest BCUT2D eigenvalue weighted by molar-refractivity contribution is 0.418. The SMILES string of the molecule is C=C(O)/C(NN)=C(/N)c1ccc(-c2ccc(-c3ccncc3)cc2)cc1. The summed E-state index contributed by atoms with van der Waals surface area (Å²) < 4.78 is 0. The van der Waals surface area contributed by atoms with Crippen LogP contribution in [0.4, 0.5) is 0 Å². The average molecular weight is 344 g/mol. The number of benzene rings is 2. The third kappa shape index (κ3) is 3.58. The predicted molar refractivity (Wildman–Crippen MR) is 105 cm³/mol. The molecule has 3 aromatic rings. The first-order chi connectivity index (χ1) is 12.6. The highest BCUT2D eigenvalue weighted by Crippen LogP contribution is 2.26. The number of aromatic nitrogens is 1. The lowest BCUT2D eigenvalue weighted by Crippen LogP contribution is -2.25. The van der Waals surface area contributed by atoms with E-state index in [0.717, 1.165) is 27.8 Å². The summed E-state index contributed by atoms with van der Waals surface area (Å²) >= 11 is 0. The van der Waals surface area contributed by atoms with Crippen molar-refractivity contribution in [3.63, 3.8) is 0 Å². The Hall–Kier alpha value is -3.57. The van der Waals surface area contributed by atoms with E-state index in [2.05, 4.69) is 41.3 Å². The number of aliphatic hydroxyl groups excluding tert-OH is 1. The first-order valence-corrected chi connectivity index (χ1v) is 8.06. The Morgan fingerprint density at radius 2 is 1.23 bits per heavy atom. The van der Waals surface area contributed by atoms with Crippen molar-refractivity contribution in [2.45, 2.75) is 0 Å². The molecular weight excluding hydrogens is 324 g/mol. The Kier molecular flexibility index (Phi) is 5.01. The summed E-state index contributed by atoms with van der Waals surface area (Å²) in [7, 11) is 0. The molecule has 0 aliphatic carbocycles. The van der Waals surface area contributed by atoms with Crippen LogP contribution in [0, 0.1) is 0 Å². The molecule has 0 spiro atoms. The lowest BCUT2D eigenvalue weighted by atomic mass is 9.99. The van der Waals surface area contributed by atoms with E-state index in [-0.39, 0.29) is 11.5 Å². The van der Waals surface area contributed by atoms with Gasteiger partial charge in [0.2, 0.25) is 0 Å². The first kappa shape index (κ1) is 17.3. The zero-order valence-corrected chi connectivity index (χ0v) is 14.2. The van der Waals surface area contributed by atoms with Gasteiger partial charge in [0, 0.05) is 12.4 Å². The Bertz CT molecular complexity index is 930. The molecule has 130 valence electrons. The normalized spacial score (nSPS) is 11.6. The van der Waals surface area contributed by atoms with Crippen LogP contribution in [0.2, 0.25) is 0 Å². The molecule has 0 unspecified atom stereocenters. The van der Waals surface area contributed by atoms with Gasteiger partial charge in [-0.2, -0.15) is 0 Å². The van der Waals surface area contributed by atoms with Crippen LogP contribution in [-0.2, 0) is 0 Å². The molecule has 1 aromatic heterocycles. The largest absolute Gasteiger partial charge is 0.506 e. The summed E-state index contributed by atoms with van der Waals surface area (Å²) in [6, 6.07) is 20.0. The number of hydrazine groups is 1. The molecule has 0 amide bonds. The van der Waals surface area contributed by atoms with E-state index in [9.17, 15) is 5.11 Å². The van der Waals surface area contributed by atoms with Crippen LogP contribution >= 0.6 is 0 Å². The number of pyridine rings is 1. The van der Waals surface area contributed by atoms with Crippen LogP contribution < -0.4 is 17.0 Å². The molecule has 6 N–H and O–H groups in total. The van der Waals surface area contributed by atoms with Crippen LogP contribution in [-0.4, -0.2) is 10.1 Å². The highest BCUT2D eigenvalue weighted by atomic mass is 16.3. The molecule has 26 heavy (non-hydrogen) atoms. The van der Waals surface area contributed by atoms with Crippen LogP contribution in [0.1, 0.15) is 5.56 Å². The van der Waals surface area contributed by atoms with Gasteiger partial charge in [0.25, 0.3) is 0 Å². The molecule has 0 atom stereocenters. The van der Waals surface area contributed by atoms with Crippen molar-refractivity contribution in [2.24, 2.45) is 11.6 Å². The number of nitrogens with two attached hydrogens (primary N) is 2. The molecule has 5 nitrogen and oxygen atoms in total. The molecule has 0 radical (unpaired) electrons. The molecule has 0 aliphatic heterocycles. The lowest BCUT2D eigenvalue weighted by Gasteiger charge is -2.11. The number of nitrogens with zero attached hydrogens (tertiary/aromatic N) is 1. The Labute approximate surface area is 152 Å². The predicted octanol–water partition coefficient (Wildman–Crippen LogP) is 3.58. The van der Waals surface area contributed by atoms with E-state index in [1.807, 2.05) is 36.4 Å². The molecule has 0 aliphatic rings. The number of hydrogen-bond donors (Lipinski definition) is 4. The fourth-order valence-electron chi connectivity index (χ4n) is 2.70. The van der Waals surface area contributed by atoms with E-state index in [1.54, 1.807) is 12.4 Å². The van der Waals surface area contributed by atoms with Gasteiger partial charge in [-0.1, -0.05) is 55.1 Å². The second kappa shape index (κ2) is 7.55. The number of aliphatic hydroxyl groups is 1. The fraction of sp³-hybridized carbons (Fsp3) is 0. The van der Waals surface area contributed by atoms with Crippen LogP contribution in [0.25, 0.3) is 28.0 Å². The zero-order valence-electron chi connectivity index (χ0n) is 14.2. The van der Waals surface area contributed by atoms with Gasteiger partial charge in [-0.15, -0.1) is 0 Å². The smallest absolute Gasteiger partial charge is 0.135 e. The van der Waals surface area contributed by atoms with Crippen LogP contribution in [0.15, 0.2) is 91.1 Å². The minimum atomic E-state index is -0.208. The van der Waals surface area contributed by atoms with Crippen molar-refractivity contribution in [1.29, 1.82) is 0 Å². The van der Waals surface area contributed by atoms with Crippen molar-refractivity contribution >= 4 is 5.70 Å². The third-order valence-electron chi connectivity index (χ3n) is 4.13. The Morgan fingerprint density at radius 1 is 0.808 bits per heavy atom. The minimum absolute atomic E-state index is 0.208. The number of hydrogen-bond acceptors (Lipinski definition) is 5. The number of rotatable bonds is 5. The second-order valence-electron chi connectivity index (χ2n) is 5.77. The zero-order chi connectivity index (χ0) is 18.5. The maximum atomic E-state index is 9.52. The van der Waals surface area contributed by atoms with Gasteiger partial charge in [-0.25, -0.2) is 0 Å². The van der Waals surface area contributed by atoms with Crippen molar-refractivity contribution in [1.82, 2.24) is 10.4 Å². The van der Waals surface area contributed by atoms with Crippen molar-refractivity contribution in [2.75, 3.05) is 0 Å². The van der Waals surface area contributed by atoms with Crippen molar-refractivity contribution in [3.05, 3.63) is 96.7 Å². The van der Waals surface area contributed by atoms with Crippen molar-refractivity contribution in [3.8, 4) is 22.3 Å². The van der Waals surface area contributed by atoms with Gasteiger partial charge in [0.05, 0.1) is 5.70 Å². The Morgan fingerprint density at radius 3 is 1.65 bits per heavy atom. The van der Waals surface area contributed by atoms with Gasteiger partial charge >= 0.3 is 0 Å². The van der Waals surface area contributed by atoms with Gasteiger partial charge in [-0.3, -0.25) is 10.8 Å². The maximum Gasteiger partial charge on any atom is 0.135 e. The summed E-state index contributed by atoms with van der Waals surface area (Å²) in [6.07, 6.45) is 3.57. The molecular formula is C21H20N4O. The summed E-state index contributed by atoms with van der Waals surface area (Å²) in [6.45, 7) is 3.44. The van der Waals surface area contributed by atoms with Gasteiger partial charge in [-0.05, 0) is 39.9 Å². The van der Waals surface area contributed by atoms with E-state index < -0.39 is 0 Å². The third-order valence-corrected chi connectivity index (χ3v) is 4.13. The quantitative estimate of drug-likeness (QED) is 0.245. The van der Waals surface area contributed by atoms with Crippen LogP contribution in [0.5, 0.6) is 0 Å². The van der Waals surface area contributed by atoms with Crippen LogP contribution in [0.3, 0.4) is 0 Å². The fourth-order valence-corrected chi connectivity index (χ4v) is 2.70. The highest BCUT2D eigenvalue weighted by Gasteiger charge is 2.08. The van der Waals surface area contributed by atoms with E-state index in [1.165, 1.54) is 0 Å². The van der Waals surface area contributed by atoms with Crippen molar-refractivity contribution < 1.29 is 5.11 Å². The average Bonchev–Trinajstić information content (AvgIpc) is 2.69.